The van der Waals surface area contributed by atoms with Gasteiger partial charge in [0.15, 0.2) is 23.0 Å². The first-order valence-electron chi connectivity index (χ1n) is 10.9. The van der Waals surface area contributed by atoms with E-state index in [1.165, 1.54) is 5.56 Å². The van der Waals surface area contributed by atoms with Gasteiger partial charge in [0.25, 0.3) is 0 Å². The number of benzene rings is 3. The first-order valence-corrected chi connectivity index (χ1v) is 10.9. The van der Waals surface area contributed by atoms with Crippen molar-refractivity contribution in [3.63, 3.8) is 0 Å². The Labute approximate surface area is 194 Å². The van der Waals surface area contributed by atoms with Gasteiger partial charge in [0.05, 0.1) is 26.9 Å². The molecular formula is C27H29NO5. The van der Waals surface area contributed by atoms with Crippen molar-refractivity contribution >= 4 is 5.97 Å². The zero-order valence-electron chi connectivity index (χ0n) is 19.5. The largest absolute Gasteiger partial charge is 0.493 e. The van der Waals surface area contributed by atoms with Crippen LogP contribution in [-0.4, -0.2) is 45.8 Å². The summed E-state index contributed by atoms with van der Waals surface area (Å²) in [6, 6.07) is 19.1. The van der Waals surface area contributed by atoms with E-state index >= 15 is 0 Å². The summed E-state index contributed by atoms with van der Waals surface area (Å²) in [6.45, 7) is 0.906. The number of carbonyl (C=O) groups excluding carboxylic acids is 1. The van der Waals surface area contributed by atoms with Crippen molar-refractivity contribution in [1.82, 2.24) is 4.90 Å². The molecule has 1 heterocycles. The summed E-state index contributed by atoms with van der Waals surface area (Å²) in [5.41, 5.74) is 3.99. The Balaban J connectivity index is 1.64. The zero-order chi connectivity index (χ0) is 23.4. The number of esters is 1. The fraction of sp³-hybridized carbons (Fsp3) is 0.296. The quantitative estimate of drug-likeness (QED) is 0.386. The summed E-state index contributed by atoms with van der Waals surface area (Å²) >= 11 is 0. The van der Waals surface area contributed by atoms with Gasteiger partial charge in [-0.15, -0.1) is 0 Å². The third-order valence-electron chi connectivity index (χ3n) is 6.14. The predicted molar refractivity (Wildman–Crippen MR) is 127 cm³/mol. The molecule has 1 aliphatic heterocycles. The van der Waals surface area contributed by atoms with Crippen LogP contribution in [0.1, 0.15) is 33.1 Å². The maximum Gasteiger partial charge on any atom is 0.343 e. The van der Waals surface area contributed by atoms with Crippen molar-refractivity contribution in [2.75, 3.05) is 34.9 Å². The van der Waals surface area contributed by atoms with Gasteiger partial charge in [-0.25, -0.2) is 4.79 Å². The van der Waals surface area contributed by atoms with Gasteiger partial charge in [-0.2, -0.15) is 0 Å². The zero-order valence-corrected chi connectivity index (χ0v) is 19.5. The molecule has 0 spiro atoms. The third-order valence-corrected chi connectivity index (χ3v) is 6.14. The van der Waals surface area contributed by atoms with Crippen molar-refractivity contribution in [2.24, 2.45) is 0 Å². The smallest absolute Gasteiger partial charge is 0.343 e. The number of hydrogen-bond acceptors (Lipinski definition) is 6. The molecule has 0 unspecified atom stereocenters. The van der Waals surface area contributed by atoms with Gasteiger partial charge in [0.1, 0.15) is 0 Å². The lowest BCUT2D eigenvalue weighted by Crippen LogP contribution is -2.33. The molecular weight excluding hydrogens is 418 g/mol. The molecule has 0 fully saturated rings. The van der Waals surface area contributed by atoms with E-state index in [2.05, 4.69) is 18.0 Å². The Morgan fingerprint density at radius 3 is 2.27 bits per heavy atom. The average Bonchev–Trinajstić information content (AvgIpc) is 2.85. The SMILES string of the molecule is COc1ccc(C[C@H]2c3cc(OC)c(OC(=O)c4ccccc4)cc3CCN2C)cc1OC. The second-order valence-electron chi connectivity index (χ2n) is 8.10. The molecule has 0 aromatic heterocycles. The van der Waals surface area contributed by atoms with Gasteiger partial charge in [-0.3, -0.25) is 4.90 Å². The van der Waals surface area contributed by atoms with Crippen LogP contribution < -0.4 is 18.9 Å². The number of likely N-dealkylation sites (N-methyl/N-ethyl adjacent to an activating group) is 1. The molecule has 0 saturated carbocycles. The second kappa shape index (κ2) is 9.96. The fourth-order valence-corrected chi connectivity index (χ4v) is 4.30. The molecule has 0 bridgehead atoms. The first kappa shape index (κ1) is 22.7. The number of hydrogen-bond donors (Lipinski definition) is 0. The lowest BCUT2D eigenvalue weighted by molar-refractivity contribution is 0.0729. The molecule has 33 heavy (non-hydrogen) atoms. The third kappa shape index (κ3) is 4.81. The Hall–Kier alpha value is -3.51. The average molecular weight is 448 g/mol. The van der Waals surface area contributed by atoms with Gasteiger partial charge >= 0.3 is 5.97 Å². The molecule has 0 amide bonds. The van der Waals surface area contributed by atoms with E-state index in [0.29, 0.717) is 22.8 Å². The van der Waals surface area contributed by atoms with Crippen LogP contribution in [0.25, 0.3) is 0 Å². The van der Waals surface area contributed by atoms with Gasteiger partial charge in [-0.05, 0) is 73.0 Å². The summed E-state index contributed by atoms with van der Waals surface area (Å²) in [5, 5.41) is 0. The molecule has 0 radical (unpaired) electrons. The van der Waals surface area contributed by atoms with Crippen molar-refractivity contribution in [3.05, 3.63) is 82.9 Å². The Morgan fingerprint density at radius 1 is 0.879 bits per heavy atom. The van der Waals surface area contributed by atoms with Crippen molar-refractivity contribution in [3.8, 4) is 23.0 Å². The summed E-state index contributed by atoms with van der Waals surface area (Å²) in [5.74, 6) is 2.02. The lowest BCUT2D eigenvalue weighted by Gasteiger charge is -2.35. The number of methoxy groups -OCH3 is 3. The molecule has 1 atom stereocenters. The molecule has 0 N–H and O–H groups in total. The van der Waals surface area contributed by atoms with Crippen LogP contribution in [0.3, 0.4) is 0 Å². The normalized spacial score (nSPS) is 15.5. The topological polar surface area (TPSA) is 57.2 Å². The maximum atomic E-state index is 12.6. The van der Waals surface area contributed by atoms with Crippen LogP contribution in [0.5, 0.6) is 23.0 Å². The molecule has 3 aromatic rings. The summed E-state index contributed by atoms with van der Waals surface area (Å²) < 4.78 is 22.2. The molecule has 172 valence electrons. The molecule has 6 heteroatoms. The van der Waals surface area contributed by atoms with Crippen LogP contribution in [0.2, 0.25) is 0 Å². The van der Waals surface area contributed by atoms with Crippen LogP contribution in [0.4, 0.5) is 0 Å². The van der Waals surface area contributed by atoms with Crippen molar-refractivity contribution < 1.29 is 23.7 Å². The fourth-order valence-electron chi connectivity index (χ4n) is 4.30. The number of rotatable bonds is 7. The number of fused-ring (bicyclic) bond motifs is 1. The van der Waals surface area contributed by atoms with E-state index in [4.69, 9.17) is 18.9 Å². The lowest BCUT2D eigenvalue weighted by atomic mass is 9.88. The Morgan fingerprint density at radius 2 is 1.58 bits per heavy atom. The van der Waals surface area contributed by atoms with E-state index in [-0.39, 0.29) is 6.04 Å². The molecule has 0 saturated heterocycles. The van der Waals surface area contributed by atoms with E-state index in [1.807, 2.05) is 42.5 Å². The van der Waals surface area contributed by atoms with E-state index in [9.17, 15) is 4.79 Å². The van der Waals surface area contributed by atoms with Crippen molar-refractivity contribution in [2.45, 2.75) is 18.9 Å². The number of carbonyl (C=O) groups is 1. The minimum Gasteiger partial charge on any atom is -0.493 e. The number of nitrogens with zero attached hydrogens (tertiary/aromatic N) is 1. The van der Waals surface area contributed by atoms with E-state index < -0.39 is 5.97 Å². The molecule has 4 rings (SSSR count). The monoisotopic (exact) mass is 447 g/mol. The van der Waals surface area contributed by atoms with E-state index in [0.717, 1.165) is 36.3 Å². The first-order chi connectivity index (χ1) is 16.0. The van der Waals surface area contributed by atoms with Gasteiger partial charge in [0, 0.05) is 12.6 Å². The standard InChI is InChI=1S/C27H29NO5/c1-28-13-12-20-16-26(33-27(29)19-8-6-5-7-9-19)25(32-4)17-21(20)22(28)14-18-10-11-23(30-2)24(15-18)31-3/h5-11,15-17,22H,12-14H2,1-4H3/t22-/m0/s1. The molecule has 0 aliphatic carbocycles. The number of ether oxygens (including phenoxy) is 4. The van der Waals surface area contributed by atoms with Gasteiger partial charge in [-0.1, -0.05) is 24.3 Å². The van der Waals surface area contributed by atoms with Crippen molar-refractivity contribution in [1.29, 1.82) is 0 Å². The maximum absolute atomic E-state index is 12.6. The second-order valence-corrected chi connectivity index (χ2v) is 8.10. The highest BCUT2D eigenvalue weighted by atomic mass is 16.6. The van der Waals surface area contributed by atoms with Crippen LogP contribution in [0.15, 0.2) is 60.7 Å². The molecule has 3 aromatic carbocycles. The summed E-state index contributed by atoms with van der Waals surface area (Å²) in [4.78, 5) is 15.0. The summed E-state index contributed by atoms with van der Waals surface area (Å²) in [6.07, 6.45) is 1.67. The van der Waals surface area contributed by atoms with Gasteiger partial charge < -0.3 is 18.9 Å². The minimum absolute atomic E-state index is 0.152. The van der Waals surface area contributed by atoms with Crippen LogP contribution >= 0.6 is 0 Å². The summed E-state index contributed by atoms with van der Waals surface area (Å²) in [7, 11) is 7.01. The Kier molecular flexibility index (Phi) is 6.84. The highest BCUT2D eigenvalue weighted by molar-refractivity contribution is 5.91. The van der Waals surface area contributed by atoms with Crippen LogP contribution in [-0.2, 0) is 12.8 Å². The van der Waals surface area contributed by atoms with Crippen LogP contribution in [0, 0.1) is 0 Å². The molecule has 6 nitrogen and oxygen atoms in total. The highest BCUT2D eigenvalue weighted by Gasteiger charge is 2.28. The highest BCUT2D eigenvalue weighted by Crippen LogP contribution is 2.40. The Bertz CT molecular complexity index is 1130. The van der Waals surface area contributed by atoms with E-state index in [1.54, 1.807) is 33.5 Å². The van der Waals surface area contributed by atoms with Gasteiger partial charge in [0.2, 0.25) is 0 Å². The minimum atomic E-state index is -0.399. The molecule has 1 aliphatic rings. The predicted octanol–water partition coefficient (Wildman–Crippen LogP) is 4.70.